The minimum atomic E-state index is -0.0655. The summed E-state index contributed by atoms with van der Waals surface area (Å²) in [6, 6.07) is 14.9. The fourth-order valence-corrected chi connectivity index (χ4v) is 3.22. The fraction of sp³-hybridized carbons (Fsp3) is 0.364. The van der Waals surface area contributed by atoms with Crippen molar-refractivity contribution in [3.05, 3.63) is 59.7 Å². The van der Waals surface area contributed by atoms with E-state index < -0.39 is 0 Å². The first-order chi connectivity index (χ1) is 13.6. The molecule has 0 unspecified atom stereocenters. The summed E-state index contributed by atoms with van der Waals surface area (Å²) in [5.74, 6) is 1.03. The monoisotopic (exact) mass is 382 g/mol. The number of benzene rings is 2. The van der Waals surface area contributed by atoms with Crippen LogP contribution in [0.2, 0.25) is 0 Å². The van der Waals surface area contributed by atoms with Crippen molar-refractivity contribution < 1.29 is 19.1 Å². The number of ether oxygens (including phenoxy) is 2. The molecule has 2 aromatic rings. The molecule has 0 bridgehead atoms. The number of likely N-dealkylation sites (tertiary alicyclic amines) is 1. The molecule has 1 N–H and O–H groups in total. The van der Waals surface area contributed by atoms with Gasteiger partial charge in [0.2, 0.25) is 0 Å². The molecule has 0 aliphatic carbocycles. The van der Waals surface area contributed by atoms with Crippen molar-refractivity contribution in [2.45, 2.75) is 25.8 Å². The molecule has 28 heavy (non-hydrogen) atoms. The molecule has 1 aliphatic heterocycles. The quantitative estimate of drug-likeness (QED) is 0.834. The Balaban J connectivity index is 1.45. The van der Waals surface area contributed by atoms with Crippen LogP contribution in [-0.4, -0.2) is 49.6 Å². The average Bonchev–Trinajstić information content (AvgIpc) is 2.73. The molecule has 0 saturated carbocycles. The van der Waals surface area contributed by atoms with Gasteiger partial charge in [0.15, 0.2) is 18.1 Å². The van der Waals surface area contributed by atoms with Gasteiger partial charge in [0.05, 0.1) is 7.11 Å². The van der Waals surface area contributed by atoms with Crippen LogP contribution in [0, 0.1) is 6.92 Å². The molecule has 6 heteroatoms. The summed E-state index contributed by atoms with van der Waals surface area (Å²) >= 11 is 0. The first-order valence-corrected chi connectivity index (χ1v) is 9.48. The topological polar surface area (TPSA) is 67.9 Å². The first-order valence-electron chi connectivity index (χ1n) is 9.48. The van der Waals surface area contributed by atoms with Crippen molar-refractivity contribution in [3.63, 3.8) is 0 Å². The highest BCUT2D eigenvalue weighted by Crippen LogP contribution is 2.25. The standard InChI is InChI=1S/C22H26N2O4/c1-16-7-9-17(10-8-16)22(26)23-18-11-13-24(14-12-18)21(25)15-28-20-6-4-3-5-19(20)27-2/h3-10,18H,11-15H2,1-2H3,(H,23,26). The molecule has 1 saturated heterocycles. The molecule has 1 aliphatic rings. The van der Waals surface area contributed by atoms with Crippen LogP contribution in [-0.2, 0) is 4.79 Å². The molecule has 6 nitrogen and oxygen atoms in total. The number of hydrogen-bond acceptors (Lipinski definition) is 4. The lowest BCUT2D eigenvalue weighted by Gasteiger charge is -2.32. The molecule has 3 rings (SSSR count). The Bertz CT molecular complexity index is 812. The Hall–Kier alpha value is -3.02. The minimum Gasteiger partial charge on any atom is -0.493 e. The van der Waals surface area contributed by atoms with Crippen LogP contribution in [0.25, 0.3) is 0 Å². The zero-order chi connectivity index (χ0) is 19.9. The minimum absolute atomic E-state index is 0.0270. The van der Waals surface area contributed by atoms with Crippen molar-refractivity contribution in [1.82, 2.24) is 10.2 Å². The Morgan fingerprint density at radius 3 is 2.32 bits per heavy atom. The normalized spacial score (nSPS) is 14.4. The predicted octanol–water partition coefficient (Wildman–Crippen LogP) is 2.80. The number of carbonyl (C=O) groups is 2. The number of nitrogens with zero attached hydrogens (tertiary/aromatic N) is 1. The van der Waals surface area contributed by atoms with Crippen LogP contribution in [0.4, 0.5) is 0 Å². The molecule has 1 heterocycles. The number of para-hydroxylation sites is 2. The number of aryl methyl sites for hydroxylation is 1. The van der Waals surface area contributed by atoms with Gasteiger partial charge in [0.1, 0.15) is 0 Å². The largest absolute Gasteiger partial charge is 0.493 e. The van der Waals surface area contributed by atoms with Crippen molar-refractivity contribution in [2.24, 2.45) is 0 Å². The second-order valence-electron chi connectivity index (χ2n) is 6.93. The van der Waals surface area contributed by atoms with Crippen LogP contribution in [0.1, 0.15) is 28.8 Å². The van der Waals surface area contributed by atoms with Crippen LogP contribution in [0.15, 0.2) is 48.5 Å². The summed E-state index contributed by atoms with van der Waals surface area (Å²) in [7, 11) is 1.57. The lowest BCUT2D eigenvalue weighted by molar-refractivity contribution is -0.134. The second-order valence-corrected chi connectivity index (χ2v) is 6.93. The second kappa shape index (κ2) is 9.26. The van der Waals surface area contributed by atoms with E-state index in [4.69, 9.17) is 9.47 Å². The fourth-order valence-electron chi connectivity index (χ4n) is 3.22. The van der Waals surface area contributed by atoms with Gasteiger partial charge >= 0.3 is 0 Å². The summed E-state index contributed by atoms with van der Waals surface area (Å²) in [5, 5.41) is 3.06. The number of rotatable bonds is 6. The maximum absolute atomic E-state index is 12.4. The van der Waals surface area contributed by atoms with Crippen molar-refractivity contribution in [1.29, 1.82) is 0 Å². The molecule has 0 spiro atoms. The van der Waals surface area contributed by atoms with Gasteiger partial charge in [0.25, 0.3) is 11.8 Å². The van der Waals surface area contributed by atoms with E-state index in [1.165, 1.54) is 0 Å². The molecule has 0 radical (unpaired) electrons. The summed E-state index contributed by atoms with van der Waals surface area (Å²) < 4.78 is 10.8. The van der Waals surface area contributed by atoms with E-state index in [2.05, 4.69) is 5.32 Å². The van der Waals surface area contributed by atoms with E-state index in [1.807, 2.05) is 43.3 Å². The zero-order valence-corrected chi connectivity index (χ0v) is 16.3. The van der Waals surface area contributed by atoms with Gasteiger partial charge in [-0.3, -0.25) is 9.59 Å². The van der Waals surface area contributed by atoms with Crippen LogP contribution in [0.3, 0.4) is 0 Å². The van der Waals surface area contributed by atoms with Gasteiger partial charge in [-0.15, -0.1) is 0 Å². The molecular formula is C22H26N2O4. The Morgan fingerprint density at radius 2 is 1.68 bits per heavy atom. The highest BCUT2D eigenvalue weighted by atomic mass is 16.5. The van der Waals surface area contributed by atoms with Crippen molar-refractivity contribution in [3.8, 4) is 11.5 Å². The molecule has 2 aromatic carbocycles. The molecule has 0 aromatic heterocycles. The highest BCUT2D eigenvalue weighted by molar-refractivity contribution is 5.94. The van der Waals surface area contributed by atoms with E-state index in [0.29, 0.717) is 30.2 Å². The van der Waals surface area contributed by atoms with Gasteiger partial charge in [-0.1, -0.05) is 29.8 Å². The highest BCUT2D eigenvalue weighted by Gasteiger charge is 2.24. The Kier molecular flexibility index (Phi) is 6.53. The van der Waals surface area contributed by atoms with E-state index >= 15 is 0 Å². The smallest absolute Gasteiger partial charge is 0.260 e. The molecule has 148 valence electrons. The first kappa shape index (κ1) is 19.7. The number of piperidine rings is 1. The van der Waals surface area contributed by atoms with Crippen LogP contribution < -0.4 is 14.8 Å². The average molecular weight is 382 g/mol. The summed E-state index contributed by atoms with van der Waals surface area (Å²) in [5.41, 5.74) is 1.79. The van der Waals surface area contributed by atoms with E-state index in [9.17, 15) is 9.59 Å². The third-order valence-corrected chi connectivity index (χ3v) is 4.92. The Morgan fingerprint density at radius 1 is 1.04 bits per heavy atom. The number of methoxy groups -OCH3 is 1. The SMILES string of the molecule is COc1ccccc1OCC(=O)N1CCC(NC(=O)c2ccc(C)cc2)CC1. The van der Waals surface area contributed by atoms with Gasteiger partial charge in [0, 0.05) is 24.7 Å². The molecular weight excluding hydrogens is 356 g/mol. The van der Waals surface area contributed by atoms with E-state index in [1.54, 1.807) is 24.1 Å². The zero-order valence-electron chi connectivity index (χ0n) is 16.3. The summed E-state index contributed by atoms with van der Waals surface area (Å²) in [4.78, 5) is 26.5. The molecule has 2 amide bonds. The third kappa shape index (κ3) is 5.03. The van der Waals surface area contributed by atoms with Crippen molar-refractivity contribution in [2.75, 3.05) is 26.8 Å². The Labute approximate surface area is 165 Å². The lowest BCUT2D eigenvalue weighted by Crippen LogP contribution is -2.47. The maximum atomic E-state index is 12.4. The van der Waals surface area contributed by atoms with E-state index in [0.717, 1.165) is 18.4 Å². The molecule has 0 atom stereocenters. The van der Waals surface area contributed by atoms with Crippen LogP contribution >= 0.6 is 0 Å². The maximum Gasteiger partial charge on any atom is 0.260 e. The number of carbonyl (C=O) groups excluding carboxylic acids is 2. The lowest BCUT2D eigenvalue weighted by atomic mass is 10.0. The number of nitrogens with one attached hydrogen (secondary N) is 1. The number of amides is 2. The van der Waals surface area contributed by atoms with E-state index in [-0.39, 0.29) is 24.5 Å². The van der Waals surface area contributed by atoms with Gasteiger partial charge < -0.3 is 19.7 Å². The summed E-state index contributed by atoms with van der Waals surface area (Å²) in [6.45, 7) is 3.17. The van der Waals surface area contributed by atoms with Gasteiger partial charge in [-0.25, -0.2) is 0 Å². The van der Waals surface area contributed by atoms with Crippen molar-refractivity contribution >= 4 is 11.8 Å². The van der Waals surface area contributed by atoms with Crippen LogP contribution in [0.5, 0.6) is 11.5 Å². The van der Waals surface area contributed by atoms with Gasteiger partial charge in [-0.05, 0) is 44.0 Å². The van der Waals surface area contributed by atoms with Gasteiger partial charge in [-0.2, -0.15) is 0 Å². The predicted molar refractivity (Wildman–Crippen MR) is 107 cm³/mol. The third-order valence-electron chi connectivity index (χ3n) is 4.92. The number of hydrogen-bond donors (Lipinski definition) is 1. The molecule has 1 fully saturated rings. The summed E-state index contributed by atoms with van der Waals surface area (Å²) in [6.07, 6.45) is 1.47.